The molecule has 0 spiro atoms. The highest BCUT2D eigenvalue weighted by Crippen LogP contribution is 2.29. The van der Waals surface area contributed by atoms with Gasteiger partial charge in [0.1, 0.15) is 6.04 Å². The molecular formula is C11H11N3O4S. The van der Waals surface area contributed by atoms with Gasteiger partial charge in [-0.3, -0.25) is 14.9 Å². The highest BCUT2D eigenvalue weighted by atomic mass is 32.1. The zero-order valence-corrected chi connectivity index (χ0v) is 11.0. The number of ether oxygens (including phenoxy) is 1. The predicted molar refractivity (Wildman–Crippen MR) is 67.0 cm³/mol. The van der Waals surface area contributed by atoms with Crippen LogP contribution >= 0.6 is 11.3 Å². The van der Waals surface area contributed by atoms with Gasteiger partial charge in [0, 0.05) is 12.6 Å². The Kier molecular flexibility index (Phi) is 3.78. The fraction of sp³-hybridized carbons (Fsp3) is 0.455. The normalized spacial score (nSPS) is 18.9. The van der Waals surface area contributed by atoms with E-state index in [2.05, 4.69) is 0 Å². The molecule has 1 fully saturated rings. The van der Waals surface area contributed by atoms with Crippen LogP contribution in [0.25, 0.3) is 0 Å². The highest BCUT2D eigenvalue weighted by molar-refractivity contribution is 7.14. The summed E-state index contributed by atoms with van der Waals surface area (Å²) in [6, 6.07) is 2.63. The van der Waals surface area contributed by atoms with Crippen LogP contribution < -0.4 is 0 Å². The standard InChI is InChI=1S/C11H11N3O4S/c1-7-9(14(16)17)4-10(19-7)11(15)13-2-3-18-6-8(13)5-12/h4,8H,2-3,6H2,1H3. The lowest BCUT2D eigenvalue weighted by molar-refractivity contribution is -0.385. The molecule has 0 bridgehead atoms. The molecule has 0 radical (unpaired) electrons. The van der Waals surface area contributed by atoms with Gasteiger partial charge in [-0.1, -0.05) is 0 Å². The largest absolute Gasteiger partial charge is 0.376 e. The van der Waals surface area contributed by atoms with Crippen molar-refractivity contribution in [3.05, 3.63) is 25.9 Å². The number of rotatable bonds is 2. The molecule has 0 aromatic carbocycles. The van der Waals surface area contributed by atoms with Crippen LogP contribution in [0.4, 0.5) is 5.69 Å². The van der Waals surface area contributed by atoms with Gasteiger partial charge in [-0.25, -0.2) is 0 Å². The van der Waals surface area contributed by atoms with E-state index < -0.39 is 11.0 Å². The fourth-order valence-electron chi connectivity index (χ4n) is 1.85. The van der Waals surface area contributed by atoms with E-state index in [4.69, 9.17) is 10.00 Å². The Balaban J connectivity index is 2.26. The molecule has 1 atom stereocenters. The van der Waals surface area contributed by atoms with Crippen molar-refractivity contribution in [2.45, 2.75) is 13.0 Å². The van der Waals surface area contributed by atoms with Gasteiger partial charge >= 0.3 is 0 Å². The minimum absolute atomic E-state index is 0.0601. The number of thiophene rings is 1. The van der Waals surface area contributed by atoms with Gasteiger partial charge in [0.05, 0.1) is 34.0 Å². The zero-order chi connectivity index (χ0) is 14.0. The predicted octanol–water partition coefficient (Wildman–Crippen LogP) is 1.33. The number of carbonyl (C=O) groups excluding carboxylic acids is 1. The molecule has 19 heavy (non-hydrogen) atoms. The fourth-order valence-corrected chi connectivity index (χ4v) is 2.80. The summed E-state index contributed by atoms with van der Waals surface area (Å²) in [4.78, 5) is 24.7. The minimum Gasteiger partial charge on any atom is -0.376 e. The van der Waals surface area contributed by atoms with Crippen LogP contribution in [0.3, 0.4) is 0 Å². The SMILES string of the molecule is Cc1sc(C(=O)N2CCOCC2C#N)cc1[N+](=O)[O-]. The molecule has 1 aliphatic heterocycles. The average Bonchev–Trinajstić information content (AvgIpc) is 2.80. The number of morpholine rings is 1. The van der Waals surface area contributed by atoms with E-state index in [0.29, 0.717) is 18.0 Å². The quantitative estimate of drug-likeness (QED) is 0.601. The van der Waals surface area contributed by atoms with Crippen molar-refractivity contribution in [1.82, 2.24) is 4.90 Å². The smallest absolute Gasteiger partial charge is 0.283 e. The van der Waals surface area contributed by atoms with E-state index in [9.17, 15) is 14.9 Å². The maximum Gasteiger partial charge on any atom is 0.283 e. The number of amides is 1. The Morgan fingerprint density at radius 2 is 2.47 bits per heavy atom. The summed E-state index contributed by atoms with van der Waals surface area (Å²) in [5.41, 5.74) is -0.0601. The van der Waals surface area contributed by atoms with Crippen LogP contribution in [-0.4, -0.2) is 41.5 Å². The molecule has 1 aromatic heterocycles. The molecule has 0 N–H and O–H groups in total. The van der Waals surface area contributed by atoms with E-state index in [1.807, 2.05) is 6.07 Å². The van der Waals surface area contributed by atoms with Gasteiger partial charge in [0.15, 0.2) is 0 Å². The Bertz CT molecular complexity index is 563. The number of nitro groups is 1. The van der Waals surface area contributed by atoms with Gasteiger partial charge < -0.3 is 9.64 Å². The van der Waals surface area contributed by atoms with Gasteiger partial charge in [-0.2, -0.15) is 5.26 Å². The molecule has 1 aromatic rings. The first-order valence-corrected chi connectivity index (χ1v) is 6.39. The van der Waals surface area contributed by atoms with E-state index in [0.717, 1.165) is 11.3 Å². The van der Waals surface area contributed by atoms with Crippen LogP contribution in [0, 0.1) is 28.4 Å². The Labute approximate surface area is 113 Å². The monoisotopic (exact) mass is 281 g/mol. The number of nitriles is 1. The van der Waals surface area contributed by atoms with E-state index in [-0.39, 0.29) is 23.1 Å². The third-order valence-corrected chi connectivity index (χ3v) is 3.87. The van der Waals surface area contributed by atoms with Gasteiger partial charge in [-0.15, -0.1) is 11.3 Å². The summed E-state index contributed by atoms with van der Waals surface area (Å²) < 4.78 is 5.14. The first-order chi connectivity index (χ1) is 9.04. The zero-order valence-electron chi connectivity index (χ0n) is 10.2. The maximum atomic E-state index is 12.3. The van der Waals surface area contributed by atoms with Gasteiger partial charge in [-0.05, 0) is 6.92 Å². The molecule has 2 heterocycles. The first kappa shape index (κ1) is 13.5. The summed E-state index contributed by atoms with van der Waals surface area (Å²) in [6.07, 6.45) is 0. The second kappa shape index (κ2) is 5.34. The lowest BCUT2D eigenvalue weighted by Gasteiger charge is -2.30. The lowest BCUT2D eigenvalue weighted by atomic mass is 10.2. The van der Waals surface area contributed by atoms with Gasteiger partial charge in [0.2, 0.25) is 0 Å². The lowest BCUT2D eigenvalue weighted by Crippen LogP contribution is -2.47. The summed E-state index contributed by atoms with van der Waals surface area (Å²) in [5, 5.41) is 19.7. The number of carbonyl (C=O) groups is 1. The Morgan fingerprint density at radius 1 is 1.74 bits per heavy atom. The summed E-state index contributed by atoms with van der Waals surface area (Å²) >= 11 is 1.07. The number of nitrogens with zero attached hydrogens (tertiary/aromatic N) is 3. The second-order valence-corrected chi connectivity index (χ2v) is 5.28. The van der Waals surface area contributed by atoms with Crippen molar-refractivity contribution < 1.29 is 14.5 Å². The van der Waals surface area contributed by atoms with Crippen molar-refractivity contribution in [2.75, 3.05) is 19.8 Å². The topological polar surface area (TPSA) is 96.5 Å². The molecule has 2 rings (SSSR count). The van der Waals surface area contributed by atoms with Crippen LogP contribution in [0.2, 0.25) is 0 Å². The third-order valence-electron chi connectivity index (χ3n) is 2.84. The minimum atomic E-state index is -0.636. The summed E-state index contributed by atoms with van der Waals surface area (Å²) in [5.74, 6) is -0.351. The van der Waals surface area contributed by atoms with E-state index >= 15 is 0 Å². The molecule has 1 aliphatic rings. The highest BCUT2D eigenvalue weighted by Gasteiger charge is 2.30. The molecule has 7 nitrogen and oxygen atoms in total. The Hall–Kier alpha value is -1.98. The summed E-state index contributed by atoms with van der Waals surface area (Å²) in [7, 11) is 0. The van der Waals surface area contributed by atoms with Crippen molar-refractivity contribution >= 4 is 22.9 Å². The van der Waals surface area contributed by atoms with Crippen molar-refractivity contribution in [3.8, 4) is 6.07 Å². The van der Waals surface area contributed by atoms with Crippen LogP contribution in [-0.2, 0) is 4.74 Å². The summed E-state index contributed by atoms with van der Waals surface area (Å²) in [6.45, 7) is 2.47. The third kappa shape index (κ3) is 2.57. The molecule has 1 saturated heterocycles. The Morgan fingerprint density at radius 3 is 3.05 bits per heavy atom. The second-order valence-electron chi connectivity index (χ2n) is 4.03. The molecular weight excluding hydrogens is 270 g/mol. The molecule has 0 aliphatic carbocycles. The number of hydrogen-bond acceptors (Lipinski definition) is 6. The first-order valence-electron chi connectivity index (χ1n) is 5.57. The van der Waals surface area contributed by atoms with Crippen LogP contribution in [0.15, 0.2) is 6.07 Å². The van der Waals surface area contributed by atoms with Crippen molar-refractivity contribution in [3.63, 3.8) is 0 Å². The van der Waals surface area contributed by atoms with Gasteiger partial charge in [0.25, 0.3) is 11.6 Å². The molecule has 0 saturated carbocycles. The van der Waals surface area contributed by atoms with Crippen LogP contribution in [0.5, 0.6) is 0 Å². The molecule has 1 unspecified atom stereocenters. The molecule has 8 heteroatoms. The van der Waals surface area contributed by atoms with E-state index in [1.165, 1.54) is 11.0 Å². The molecule has 100 valence electrons. The average molecular weight is 281 g/mol. The number of hydrogen-bond donors (Lipinski definition) is 0. The number of aryl methyl sites for hydroxylation is 1. The van der Waals surface area contributed by atoms with Crippen molar-refractivity contribution in [2.24, 2.45) is 0 Å². The van der Waals surface area contributed by atoms with E-state index in [1.54, 1.807) is 6.92 Å². The maximum absolute atomic E-state index is 12.3. The van der Waals surface area contributed by atoms with Crippen molar-refractivity contribution in [1.29, 1.82) is 5.26 Å². The van der Waals surface area contributed by atoms with Crippen LogP contribution in [0.1, 0.15) is 14.5 Å². The molecule has 1 amide bonds.